The molecule has 1 amide bonds. The fraction of sp³-hybridized carbons (Fsp3) is 0.412. The number of hydrogen-bond donors (Lipinski definition) is 1. The number of carbonyl (C=O) groups excluding carboxylic acids is 1. The lowest BCUT2D eigenvalue weighted by Crippen LogP contribution is -2.13. The fourth-order valence-corrected chi connectivity index (χ4v) is 2.09. The summed E-state index contributed by atoms with van der Waals surface area (Å²) < 4.78 is 21.0. The second kappa shape index (κ2) is 6.82. The van der Waals surface area contributed by atoms with E-state index in [4.69, 9.17) is 18.7 Å². The molecule has 0 unspecified atom stereocenters. The Morgan fingerprint density at radius 1 is 1.04 bits per heavy atom. The maximum Gasteiger partial charge on any atom is 0.257 e. The van der Waals surface area contributed by atoms with Crippen LogP contribution >= 0.6 is 0 Å². The van der Waals surface area contributed by atoms with Crippen molar-refractivity contribution < 1.29 is 23.5 Å². The van der Waals surface area contributed by atoms with Gasteiger partial charge in [-0.3, -0.25) is 4.79 Å². The zero-order chi connectivity index (χ0) is 17.9. The average Bonchev–Trinajstić information content (AvgIpc) is 3.01. The van der Waals surface area contributed by atoms with Gasteiger partial charge in [0.15, 0.2) is 17.3 Å². The summed E-state index contributed by atoms with van der Waals surface area (Å²) in [5.74, 6) is 1.90. The number of carbonyl (C=O) groups is 1. The van der Waals surface area contributed by atoms with Gasteiger partial charge in [0.2, 0.25) is 5.75 Å². The van der Waals surface area contributed by atoms with Crippen LogP contribution in [0.5, 0.6) is 17.2 Å². The molecule has 7 nitrogen and oxygen atoms in total. The van der Waals surface area contributed by atoms with Crippen LogP contribution in [0.4, 0.5) is 5.82 Å². The molecule has 0 aliphatic carbocycles. The first-order chi connectivity index (χ1) is 11.3. The van der Waals surface area contributed by atoms with Crippen molar-refractivity contribution >= 4 is 11.7 Å². The molecule has 7 heteroatoms. The van der Waals surface area contributed by atoms with E-state index in [1.54, 1.807) is 18.2 Å². The third-order valence-corrected chi connectivity index (χ3v) is 3.42. The van der Waals surface area contributed by atoms with Crippen molar-refractivity contribution in [2.75, 3.05) is 26.6 Å². The van der Waals surface area contributed by atoms with Crippen molar-refractivity contribution in [2.45, 2.75) is 26.2 Å². The third-order valence-electron chi connectivity index (χ3n) is 3.42. The van der Waals surface area contributed by atoms with Crippen molar-refractivity contribution in [3.63, 3.8) is 0 Å². The summed E-state index contributed by atoms with van der Waals surface area (Å²) >= 11 is 0. The maximum absolute atomic E-state index is 12.5. The van der Waals surface area contributed by atoms with Crippen LogP contribution in [0.1, 0.15) is 36.9 Å². The molecule has 0 aliphatic heterocycles. The van der Waals surface area contributed by atoms with Gasteiger partial charge in [-0.1, -0.05) is 25.9 Å². The first-order valence-electron chi connectivity index (χ1n) is 7.38. The highest BCUT2D eigenvalue weighted by atomic mass is 16.5. The van der Waals surface area contributed by atoms with Gasteiger partial charge in [-0.25, -0.2) is 0 Å². The van der Waals surface area contributed by atoms with E-state index in [0.29, 0.717) is 34.4 Å². The van der Waals surface area contributed by atoms with Crippen LogP contribution in [0.3, 0.4) is 0 Å². The highest BCUT2D eigenvalue weighted by molar-refractivity contribution is 6.04. The van der Waals surface area contributed by atoms with Crippen molar-refractivity contribution in [2.24, 2.45) is 0 Å². The summed E-state index contributed by atoms with van der Waals surface area (Å²) in [4.78, 5) is 12.5. The molecule has 24 heavy (non-hydrogen) atoms. The molecule has 0 bridgehead atoms. The second-order valence-electron chi connectivity index (χ2n) is 6.19. The Balaban J connectivity index is 2.28. The number of anilines is 1. The van der Waals surface area contributed by atoms with Gasteiger partial charge in [0, 0.05) is 17.0 Å². The van der Waals surface area contributed by atoms with Crippen LogP contribution in [0, 0.1) is 0 Å². The smallest absolute Gasteiger partial charge is 0.257 e. The Kier molecular flexibility index (Phi) is 5.02. The Morgan fingerprint density at radius 2 is 1.62 bits per heavy atom. The van der Waals surface area contributed by atoms with E-state index in [1.165, 1.54) is 21.3 Å². The van der Waals surface area contributed by atoms with Crippen LogP contribution < -0.4 is 19.5 Å². The number of amides is 1. The zero-order valence-electron chi connectivity index (χ0n) is 14.7. The molecule has 2 rings (SSSR count). The molecule has 2 aromatic rings. The Bertz CT molecular complexity index is 706. The molecular weight excluding hydrogens is 312 g/mol. The fourth-order valence-electron chi connectivity index (χ4n) is 2.09. The van der Waals surface area contributed by atoms with Crippen LogP contribution in [0.15, 0.2) is 22.7 Å². The number of benzene rings is 1. The monoisotopic (exact) mass is 334 g/mol. The summed E-state index contributed by atoms with van der Waals surface area (Å²) in [6.45, 7) is 5.99. The van der Waals surface area contributed by atoms with E-state index in [0.717, 1.165) is 0 Å². The zero-order valence-corrected chi connectivity index (χ0v) is 14.7. The SMILES string of the molecule is COc1cc(C(=O)Nc2cc(C(C)(C)C)on2)cc(OC)c1OC. The minimum Gasteiger partial charge on any atom is -0.493 e. The number of hydrogen-bond acceptors (Lipinski definition) is 6. The van der Waals surface area contributed by atoms with Crippen LogP contribution in [-0.4, -0.2) is 32.4 Å². The molecular formula is C17H22N2O5. The lowest BCUT2D eigenvalue weighted by Gasteiger charge is -2.13. The van der Waals surface area contributed by atoms with Crippen LogP contribution in [0.2, 0.25) is 0 Å². The number of rotatable bonds is 5. The molecule has 0 saturated carbocycles. The number of methoxy groups -OCH3 is 3. The Morgan fingerprint density at radius 3 is 2.04 bits per heavy atom. The lowest BCUT2D eigenvalue weighted by molar-refractivity contribution is 0.102. The number of aromatic nitrogens is 1. The normalized spacial score (nSPS) is 11.1. The highest BCUT2D eigenvalue weighted by Gasteiger charge is 2.21. The van der Waals surface area contributed by atoms with Gasteiger partial charge < -0.3 is 24.1 Å². The Hall–Kier alpha value is -2.70. The van der Waals surface area contributed by atoms with E-state index in [1.807, 2.05) is 20.8 Å². The van der Waals surface area contributed by atoms with E-state index in [2.05, 4.69) is 10.5 Å². The summed E-state index contributed by atoms with van der Waals surface area (Å²) in [7, 11) is 4.49. The summed E-state index contributed by atoms with van der Waals surface area (Å²) in [5.41, 5.74) is 0.160. The summed E-state index contributed by atoms with van der Waals surface area (Å²) in [6, 6.07) is 4.85. The Labute approximate surface area is 140 Å². The van der Waals surface area contributed by atoms with Gasteiger partial charge in [-0.05, 0) is 12.1 Å². The minimum atomic E-state index is -0.358. The molecule has 0 radical (unpaired) electrons. The maximum atomic E-state index is 12.5. The van der Waals surface area contributed by atoms with Crippen LogP contribution in [-0.2, 0) is 5.41 Å². The summed E-state index contributed by atoms with van der Waals surface area (Å²) in [6.07, 6.45) is 0. The number of nitrogens with one attached hydrogen (secondary N) is 1. The van der Waals surface area contributed by atoms with Gasteiger partial charge in [0.1, 0.15) is 5.76 Å². The van der Waals surface area contributed by atoms with Crippen molar-refractivity contribution in [1.82, 2.24) is 5.16 Å². The second-order valence-corrected chi connectivity index (χ2v) is 6.19. The molecule has 0 saturated heterocycles. The third kappa shape index (κ3) is 3.61. The van der Waals surface area contributed by atoms with E-state index in [9.17, 15) is 4.79 Å². The highest BCUT2D eigenvalue weighted by Crippen LogP contribution is 2.38. The van der Waals surface area contributed by atoms with E-state index >= 15 is 0 Å². The predicted octanol–water partition coefficient (Wildman–Crippen LogP) is 3.25. The van der Waals surface area contributed by atoms with Gasteiger partial charge in [0.25, 0.3) is 5.91 Å². The molecule has 1 aromatic heterocycles. The van der Waals surface area contributed by atoms with Gasteiger partial charge in [-0.15, -0.1) is 0 Å². The van der Waals surface area contributed by atoms with Gasteiger partial charge in [0.05, 0.1) is 21.3 Å². The molecule has 1 aromatic carbocycles. The minimum absolute atomic E-state index is 0.192. The van der Waals surface area contributed by atoms with Crippen molar-refractivity contribution in [3.8, 4) is 17.2 Å². The van der Waals surface area contributed by atoms with Crippen molar-refractivity contribution in [3.05, 3.63) is 29.5 Å². The molecule has 0 aliphatic rings. The summed E-state index contributed by atoms with van der Waals surface area (Å²) in [5, 5.41) is 6.57. The molecule has 1 heterocycles. The van der Waals surface area contributed by atoms with Gasteiger partial charge in [-0.2, -0.15) is 0 Å². The molecule has 0 spiro atoms. The average molecular weight is 334 g/mol. The van der Waals surface area contributed by atoms with Gasteiger partial charge >= 0.3 is 0 Å². The molecule has 130 valence electrons. The van der Waals surface area contributed by atoms with Crippen LogP contribution in [0.25, 0.3) is 0 Å². The predicted molar refractivity (Wildman–Crippen MR) is 89.3 cm³/mol. The number of nitrogens with zero attached hydrogens (tertiary/aromatic N) is 1. The van der Waals surface area contributed by atoms with Crippen molar-refractivity contribution in [1.29, 1.82) is 0 Å². The standard InChI is InChI=1S/C17H22N2O5/c1-17(2,3)13-9-14(19-24-13)18-16(20)10-7-11(21-4)15(23-6)12(8-10)22-5/h7-9H,1-6H3,(H,18,19,20). The quantitative estimate of drug-likeness (QED) is 0.904. The first kappa shape index (κ1) is 17.7. The topological polar surface area (TPSA) is 82.8 Å². The lowest BCUT2D eigenvalue weighted by atomic mass is 9.93. The molecule has 1 N–H and O–H groups in total. The molecule has 0 atom stereocenters. The molecule has 0 fully saturated rings. The van der Waals surface area contributed by atoms with E-state index < -0.39 is 0 Å². The first-order valence-corrected chi connectivity index (χ1v) is 7.38. The number of ether oxygens (including phenoxy) is 3. The van der Waals surface area contributed by atoms with E-state index in [-0.39, 0.29) is 11.3 Å². The largest absolute Gasteiger partial charge is 0.493 e.